The van der Waals surface area contributed by atoms with Crippen LogP contribution in [0.5, 0.6) is 0 Å². The monoisotopic (exact) mass is 391 g/mol. The fourth-order valence-electron chi connectivity index (χ4n) is 3.13. The van der Waals surface area contributed by atoms with E-state index in [0.29, 0.717) is 30.2 Å². The number of nitrogens with zero attached hydrogens (tertiary/aromatic N) is 1. The number of carbonyl (C=O) groups excluding carboxylic acids is 2. The number of ether oxygens (including phenoxy) is 1. The van der Waals surface area contributed by atoms with Crippen LogP contribution in [0.25, 0.3) is 0 Å². The summed E-state index contributed by atoms with van der Waals surface area (Å²) in [5.74, 6) is 0.353. The van der Waals surface area contributed by atoms with Crippen molar-refractivity contribution in [2.45, 2.75) is 26.8 Å². The smallest absolute Gasteiger partial charge is 0.342 e. The van der Waals surface area contributed by atoms with Crippen LogP contribution < -0.4 is 0 Å². The number of carbonyl (C=O) groups is 2. The molecule has 0 aliphatic rings. The normalized spacial score (nSPS) is 10.6. The number of amides is 1. The molecule has 150 valence electrons. The highest BCUT2D eigenvalue weighted by Gasteiger charge is 2.19. The SMILES string of the molecule is Cc1cc(C(=O)OCC(=O)N(CCc2ccccc2)Cc2ccccc2)c(C)o1. The van der Waals surface area contributed by atoms with Crippen molar-refractivity contribution in [2.24, 2.45) is 0 Å². The average molecular weight is 391 g/mol. The quantitative estimate of drug-likeness (QED) is 0.537. The number of benzene rings is 2. The number of furan rings is 1. The lowest BCUT2D eigenvalue weighted by molar-refractivity contribution is -0.135. The number of hydrogen-bond donors (Lipinski definition) is 0. The molecule has 29 heavy (non-hydrogen) atoms. The highest BCUT2D eigenvalue weighted by atomic mass is 16.5. The first-order valence-electron chi connectivity index (χ1n) is 9.62. The van der Waals surface area contributed by atoms with Crippen LogP contribution in [-0.2, 0) is 22.5 Å². The van der Waals surface area contributed by atoms with Gasteiger partial charge in [-0.15, -0.1) is 0 Å². The highest BCUT2D eigenvalue weighted by molar-refractivity contribution is 5.92. The minimum atomic E-state index is -0.546. The average Bonchev–Trinajstić information content (AvgIpc) is 3.08. The maximum absolute atomic E-state index is 12.8. The predicted octanol–water partition coefficient (Wildman–Crippen LogP) is 4.32. The van der Waals surface area contributed by atoms with Crippen LogP contribution in [0.1, 0.15) is 33.0 Å². The summed E-state index contributed by atoms with van der Waals surface area (Å²) in [6.07, 6.45) is 0.730. The molecular formula is C24H25NO4. The van der Waals surface area contributed by atoms with Crippen molar-refractivity contribution in [1.29, 1.82) is 0 Å². The molecular weight excluding hydrogens is 366 g/mol. The summed E-state index contributed by atoms with van der Waals surface area (Å²) in [6.45, 7) is 4.17. The molecule has 1 aromatic heterocycles. The summed E-state index contributed by atoms with van der Waals surface area (Å²) in [5, 5.41) is 0. The number of rotatable bonds is 8. The van der Waals surface area contributed by atoms with Crippen LogP contribution in [0.3, 0.4) is 0 Å². The maximum atomic E-state index is 12.8. The summed E-state index contributed by atoms with van der Waals surface area (Å²) in [4.78, 5) is 26.8. The van der Waals surface area contributed by atoms with Crippen LogP contribution in [0.15, 0.2) is 71.1 Å². The van der Waals surface area contributed by atoms with E-state index < -0.39 is 5.97 Å². The van der Waals surface area contributed by atoms with Crippen molar-refractivity contribution in [2.75, 3.05) is 13.2 Å². The van der Waals surface area contributed by atoms with Gasteiger partial charge in [0, 0.05) is 13.1 Å². The lowest BCUT2D eigenvalue weighted by Gasteiger charge is -2.23. The van der Waals surface area contributed by atoms with Crippen molar-refractivity contribution < 1.29 is 18.7 Å². The first-order chi connectivity index (χ1) is 14.0. The van der Waals surface area contributed by atoms with E-state index in [4.69, 9.17) is 9.15 Å². The van der Waals surface area contributed by atoms with Gasteiger partial charge in [-0.25, -0.2) is 4.79 Å². The van der Waals surface area contributed by atoms with Gasteiger partial charge in [0.15, 0.2) is 6.61 Å². The van der Waals surface area contributed by atoms with Gasteiger partial charge < -0.3 is 14.1 Å². The van der Waals surface area contributed by atoms with Gasteiger partial charge in [-0.05, 0) is 37.5 Å². The van der Waals surface area contributed by atoms with Crippen molar-refractivity contribution in [1.82, 2.24) is 4.90 Å². The van der Waals surface area contributed by atoms with Gasteiger partial charge in [-0.2, -0.15) is 0 Å². The Bertz CT molecular complexity index is 948. The van der Waals surface area contributed by atoms with E-state index in [-0.39, 0.29) is 12.5 Å². The second-order valence-electron chi connectivity index (χ2n) is 6.94. The van der Waals surface area contributed by atoms with Crippen molar-refractivity contribution in [3.05, 3.63) is 94.9 Å². The summed E-state index contributed by atoms with van der Waals surface area (Å²) in [7, 11) is 0. The maximum Gasteiger partial charge on any atom is 0.342 e. The zero-order valence-electron chi connectivity index (χ0n) is 16.8. The zero-order chi connectivity index (χ0) is 20.6. The Labute approximate surface area is 170 Å². The Morgan fingerprint density at radius 2 is 1.55 bits per heavy atom. The fourth-order valence-corrected chi connectivity index (χ4v) is 3.13. The van der Waals surface area contributed by atoms with Crippen LogP contribution in [-0.4, -0.2) is 29.9 Å². The van der Waals surface area contributed by atoms with E-state index >= 15 is 0 Å². The first-order valence-corrected chi connectivity index (χ1v) is 9.62. The van der Waals surface area contributed by atoms with Crippen molar-refractivity contribution in [3.8, 4) is 0 Å². The number of hydrogen-bond acceptors (Lipinski definition) is 4. The molecule has 0 fully saturated rings. The topological polar surface area (TPSA) is 59.8 Å². The predicted molar refractivity (Wildman–Crippen MR) is 110 cm³/mol. The molecule has 0 unspecified atom stereocenters. The molecule has 0 N–H and O–H groups in total. The van der Waals surface area contributed by atoms with E-state index in [1.165, 1.54) is 0 Å². The molecule has 0 radical (unpaired) electrons. The lowest BCUT2D eigenvalue weighted by atomic mass is 10.1. The summed E-state index contributed by atoms with van der Waals surface area (Å²) in [5.41, 5.74) is 2.54. The Morgan fingerprint density at radius 3 is 2.14 bits per heavy atom. The molecule has 2 aromatic carbocycles. The van der Waals surface area contributed by atoms with E-state index in [2.05, 4.69) is 0 Å². The molecule has 5 nitrogen and oxygen atoms in total. The van der Waals surface area contributed by atoms with Gasteiger partial charge in [0.25, 0.3) is 5.91 Å². The summed E-state index contributed by atoms with van der Waals surface area (Å²) in [6, 6.07) is 21.4. The molecule has 0 aliphatic heterocycles. The van der Waals surface area contributed by atoms with Gasteiger partial charge in [0.1, 0.15) is 17.1 Å². The van der Waals surface area contributed by atoms with Crippen LogP contribution >= 0.6 is 0 Å². The van der Waals surface area contributed by atoms with E-state index in [1.807, 2.05) is 60.7 Å². The van der Waals surface area contributed by atoms with E-state index in [0.717, 1.165) is 17.5 Å². The molecule has 0 spiro atoms. The third-order valence-corrected chi connectivity index (χ3v) is 4.67. The van der Waals surface area contributed by atoms with Gasteiger partial charge in [0.05, 0.1) is 0 Å². The number of aryl methyl sites for hydroxylation is 2. The van der Waals surface area contributed by atoms with Crippen molar-refractivity contribution >= 4 is 11.9 Å². The van der Waals surface area contributed by atoms with Crippen molar-refractivity contribution in [3.63, 3.8) is 0 Å². The second-order valence-corrected chi connectivity index (χ2v) is 6.94. The minimum absolute atomic E-state index is 0.226. The summed E-state index contributed by atoms with van der Waals surface area (Å²) >= 11 is 0. The third-order valence-electron chi connectivity index (χ3n) is 4.67. The Kier molecular flexibility index (Phi) is 6.85. The van der Waals surface area contributed by atoms with E-state index in [1.54, 1.807) is 24.8 Å². The fraction of sp³-hybridized carbons (Fsp3) is 0.250. The molecule has 5 heteroatoms. The highest BCUT2D eigenvalue weighted by Crippen LogP contribution is 2.15. The number of esters is 1. The lowest BCUT2D eigenvalue weighted by Crippen LogP contribution is -2.35. The van der Waals surface area contributed by atoms with Crippen LogP contribution in [0.4, 0.5) is 0 Å². The molecule has 1 heterocycles. The third kappa shape index (κ3) is 5.82. The molecule has 0 atom stereocenters. The van der Waals surface area contributed by atoms with Gasteiger partial charge in [0.2, 0.25) is 0 Å². The second kappa shape index (κ2) is 9.73. The molecule has 0 bridgehead atoms. The zero-order valence-corrected chi connectivity index (χ0v) is 16.8. The van der Waals surface area contributed by atoms with E-state index in [9.17, 15) is 9.59 Å². The first kappa shape index (κ1) is 20.4. The molecule has 0 aliphatic carbocycles. The molecule has 0 saturated carbocycles. The van der Waals surface area contributed by atoms with Gasteiger partial charge >= 0.3 is 5.97 Å². The Balaban J connectivity index is 1.64. The standard InChI is InChI=1S/C24H25NO4/c1-18-15-22(19(2)29-18)24(27)28-17-23(26)25(16-21-11-7-4-8-12-21)14-13-20-9-5-3-6-10-20/h3-12,15H,13-14,16-17H2,1-2H3. The molecule has 3 aromatic rings. The molecule has 1 amide bonds. The Hall–Kier alpha value is -3.34. The van der Waals surface area contributed by atoms with Gasteiger partial charge in [-0.3, -0.25) is 4.79 Å². The molecule has 3 rings (SSSR count). The minimum Gasteiger partial charge on any atom is -0.466 e. The van der Waals surface area contributed by atoms with Gasteiger partial charge in [-0.1, -0.05) is 60.7 Å². The van der Waals surface area contributed by atoms with Crippen LogP contribution in [0.2, 0.25) is 0 Å². The summed E-state index contributed by atoms with van der Waals surface area (Å²) < 4.78 is 10.6. The Morgan fingerprint density at radius 1 is 0.931 bits per heavy atom. The van der Waals surface area contributed by atoms with Crippen LogP contribution in [0, 0.1) is 13.8 Å². The molecule has 0 saturated heterocycles. The largest absolute Gasteiger partial charge is 0.466 e.